The highest BCUT2D eigenvalue weighted by atomic mass is 19.2. The molecule has 0 amide bonds. The van der Waals surface area contributed by atoms with Crippen molar-refractivity contribution in [1.29, 1.82) is 0 Å². The Morgan fingerprint density at radius 1 is 1.26 bits per heavy atom. The number of halogens is 2. The fraction of sp³-hybridized carbons (Fsp3) is 0.308. The SMILES string of the molecule is C=CCc1cnc(C2(C=CCCCC(C)O)C=CC(c3cccc(F)c3F)=CC2)nc1. The van der Waals surface area contributed by atoms with Crippen LogP contribution in [-0.4, -0.2) is 21.2 Å². The summed E-state index contributed by atoms with van der Waals surface area (Å²) in [6.45, 7) is 5.53. The van der Waals surface area contributed by atoms with Gasteiger partial charge in [-0.05, 0) is 56.2 Å². The van der Waals surface area contributed by atoms with Crippen molar-refractivity contribution in [3.63, 3.8) is 0 Å². The standard InChI is InChI=1S/C26H28F2N2O/c1-3-8-20-17-29-25(30-18-20)26(14-6-4-5-9-19(2)31)15-12-21(13-16-26)22-10-7-11-23(27)24(22)28/h3,6-7,10-15,17-19,31H,1,4-5,8-9,16H2,2H3. The molecule has 1 aromatic carbocycles. The number of nitrogens with zero attached hydrogens (tertiary/aromatic N) is 2. The zero-order valence-electron chi connectivity index (χ0n) is 17.8. The molecule has 0 saturated heterocycles. The molecule has 0 aliphatic heterocycles. The second kappa shape index (κ2) is 10.4. The van der Waals surface area contributed by atoms with Crippen molar-refractivity contribution in [2.75, 3.05) is 0 Å². The van der Waals surface area contributed by atoms with Gasteiger partial charge < -0.3 is 5.11 Å². The molecular weight excluding hydrogens is 394 g/mol. The monoisotopic (exact) mass is 422 g/mol. The summed E-state index contributed by atoms with van der Waals surface area (Å²) in [6.07, 6.45) is 18.6. The minimum atomic E-state index is -0.859. The van der Waals surface area contributed by atoms with E-state index in [2.05, 4.69) is 28.7 Å². The van der Waals surface area contributed by atoms with Gasteiger partial charge in [-0.15, -0.1) is 6.58 Å². The van der Waals surface area contributed by atoms with E-state index in [0.717, 1.165) is 30.9 Å². The third-order valence-corrected chi connectivity index (χ3v) is 5.39. The molecule has 0 radical (unpaired) electrons. The smallest absolute Gasteiger partial charge is 0.166 e. The fourth-order valence-electron chi connectivity index (χ4n) is 3.64. The van der Waals surface area contributed by atoms with Gasteiger partial charge in [-0.3, -0.25) is 0 Å². The molecule has 1 aliphatic carbocycles. The first-order valence-corrected chi connectivity index (χ1v) is 10.6. The Hall–Kier alpha value is -2.92. The summed E-state index contributed by atoms with van der Waals surface area (Å²) in [6, 6.07) is 4.20. The maximum Gasteiger partial charge on any atom is 0.166 e. The van der Waals surface area contributed by atoms with Crippen LogP contribution >= 0.6 is 0 Å². The summed E-state index contributed by atoms with van der Waals surface area (Å²) in [5, 5.41) is 9.45. The number of benzene rings is 1. The molecule has 0 bridgehead atoms. The van der Waals surface area contributed by atoms with Crippen LogP contribution in [0.2, 0.25) is 0 Å². The summed E-state index contributed by atoms with van der Waals surface area (Å²) in [7, 11) is 0. The van der Waals surface area contributed by atoms with Crippen LogP contribution in [-0.2, 0) is 11.8 Å². The van der Waals surface area contributed by atoms with Gasteiger partial charge in [0, 0.05) is 18.0 Å². The first-order chi connectivity index (χ1) is 14.9. The van der Waals surface area contributed by atoms with Crippen molar-refractivity contribution in [2.24, 2.45) is 0 Å². The first kappa shape index (κ1) is 22.8. The van der Waals surface area contributed by atoms with E-state index in [9.17, 15) is 13.9 Å². The van der Waals surface area contributed by atoms with Gasteiger partial charge in [-0.2, -0.15) is 0 Å². The van der Waals surface area contributed by atoms with E-state index in [4.69, 9.17) is 0 Å². The number of allylic oxidation sites excluding steroid dienone is 7. The average Bonchev–Trinajstić information content (AvgIpc) is 2.76. The van der Waals surface area contributed by atoms with E-state index in [1.807, 2.05) is 18.2 Å². The molecule has 1 aliphatic rings. The second-order valence-electron chi connectivity index (χ2n) is 7.93. The number of aliphatic hydroxyl groups excluding tert-OH is 1. The number of aliphatic hydroxyl groups is 1. The van der Waals surface area contributed by atoms with E-state index < -0.39 is 17.0 Å². The topological polar surface area (TPSA) is 46.0 Å². The Kier molecular flexibility index (Phi) is 7.64. The fourth-order valence-corrected chi connectivity index (χ4v) is 3.64. The van der Waals surface area contributed by atoms with Crippen LogP contribution in [0.1, 0.15) is 49.6 Å². The van der Waals surface area contributed by atoms with Crippen LogP contribution in [0.4, 0.5) is 8.78 Å². The molecule has 3 nitrogen and oxygen atoms in total. The highest BCUT2D eigenvalue weighted by molar-refractivity contribution is 5.76. The Labute approximate surface area is 182 Å². The molecule has 2 aromatic rings. The van der Waals surface area contributed by atoms with Crippen LogP contribution in [0.15, 0.2) is 73.6 Å². The number of hydrogen-bond donors (Lipinski definition) is 1. The van der Waals surface area contributed by atoms with Gasteiger partial charge in [-0.1, -0.05) is 48.6 Å². The molecule has 0 spiro atoms. The van der Waals surface area contributed by atoms with Gasteiger partial charge in [-0.25, -0.2) is 18.7 Å². The molecule has 1 aromatic heterocycles. The first-order valence-electron chi connectivity index (χ1n) is 10.6. The molecule has 1 N–H and O–H groups in total. The van der Waals surface area contributed by atoms with E-state index in [0.29, 0.717) is 24.2 Å². The molecule has 0 saturated carbocycles. The molecule has 5 heteroatoms. The largest absolute Gasteiger partial charge is 0.393 e. The molecule has 3 rings (SSSR count). The van der Waals surface area contributed by atoms with Crippen LogP contribution < -0.4 is 0 Å². The predicted molar refractivity (Wildman–Crippen MR) is 120 cm³/mol. The maximum absolute atomic E-state index is 14.3. The Bertz CT molecular complexity index is 993. The quantitative estimate of drug-likeness (QED) is 0.406. The molecule has 162 valence electrons. The van der Waals surface area contributed by atoms with E-state index in [1.165, 1.54) is 6.07 Å². The minimum Gasteiger partial charge on any atom is -0.393 e. The van der Waals surface area contributed by atoms with E-state index in [-0.39, 0.29) is 11.7 Å². The molecular formula is C26H28F2N2O. The minimum absolute atomic E-state index is 0.244. The molecule has 2 atom stereocenters. The lowest BCUT2D eigenvalue weighted by Gasteiger charge is -2.28. The summed E-state index contributed by atoms with van der Waals surface area (Å²) in [5.41, 5.74) is 1.30. The van der Waals surface area contributed by atoms with Crippen LogP contribution in [0, 0.1) is 11.6 Å². The van der Waals surface area contributed by atoms with Crippen molar-refractivity contribution in [2.45, 2.75) is 50.5 Å². The summed E-state index contributed by atoms with van der Waals surface area (Å²) in [5.74, 6) is -1.05. The van der Waals surface area contributed by atoms with Gasteiger partial charge in [0.25, 0.3) is 0 Å². The lowest BCUT2D eigenvalue weighted by Crippen LogP contribution is -2.25. The van der Waals surface area contributed by atoms with Crippen LogP contribution in [0.5, 0.6) is 0 Å². The molecule has 1 heterocycles. The normalized spacial score (nSPS) is 19.4. The lowest BCUT2D eigenvalue weighted by atomic mass is 9.77. The number of rotatable bonds is 9. The van der Waals surface area contributed by atoms with Crippen molar-refractivity contribution in [1.82, 2.24) is 9.97 Å². The number of unbranched alkanes of at least 4 members (excludes halogenated alkanes) is 1. The van der Waals surface area contributed by atoms with Crippen molar-refractivity contribution < 1.29 is 13.9 Å². The van der Waals surface area contributed by atoms with Crippen molar-refractivity contribution >= 4 is 5.57 Å². The van der Waals surface area contributed by atoms with Gasteiger partial charge >= 0.3 is 0 Å². The van der Waals surface area contributed by atoms with Gasteiger partial charge in [0.05, 0.1) is 11.5 Å². The van der Waals surface area contributed by atoms with Gasteiger partial charge in [0.15, 0.2) is 11.6 Å². The van der Waals surface area contributed by atoms with E-state index >= 15 is 0 Å². The zero-order chi connectivity index (χ0) is 22.3. The number of hydrogen-bond acceptors (Lipinski definition) is 3. The van der Waals surface area contributed by atoms with Crippen LogP contribution in [0.25, 0.3) is 5.57 Å². The summed E-state index contributed by atoms with van der Waals surface area (Å²) in [4.78, 5) is 9.17. The predicted octanol–water partition coefficient (Wildman–Crippen LogP) is 5.87. The third-order valence-electron chi connectivity index (χ3n) is 5.39. The highest BCUT2D eigenvalue weighted by Crippen LogP contribution is 2.37. The summed E-state index contributed by atoms with van der Waals surface area (Å²) < 4.78 is 27.9. The molecule has 0 fully saturated rings. The second-order valence-corrected chi connectivity index (χ2v) is 7.93. The Morgan fingerprint density at radius 2 is 2.03 bits per heavy atom. The van der Waals surface area contributed by atoms with Crippen molar-refractivity contribution in [3.8, 4) is 0 Å². The van der Waals surface area contributed by atoms with Gasteiger partial charge in [0.2, 0.25) is 0 Å². The van der Waals surface area contributed by atoms with Crippen LogP contribution in [0.3, 0.4) is 0 Å². The van der Waals surface area contributed by atoms with Gasteiger partial charge in [0.1, 0.15) is 5.82 Å². The maximum atomic E-state index is 14.3. The average molecular weight is 423 g/mol. The third kappa shape index (κ3) is 5.61. The Morgan fingerprint density at radius 3 is 2.68 bits per heavy atom. The zero-order valence-corrected chi connectivity index (χ0v) is 17.8. The van der Waals surface area contributed by atoms with E-state index in [1.54, 1.807) is 31.5 Å². The molecule has 2 unspecified atom stereocenters. The van der Waals surface area contributed by atoms with Crippen molar-refractivity contribution in [3.05, 3.63) is 102 Å². The highest BCUT2D eigenvalue weighted by Gasteiger charge is 2.31. The molecule has 31 heavy (non-hydrogen) atoms. The summed E-state index contributed by atoms with van der Waals surface area (Å²) >= 11 is 0. The number of aromatic nitrogens is 2. The Balaban J connectivity index is 1.88. The lowest BCUT2D eigenvalue weighted by molar-refractivity contribution is 0.182.